The molecule has 3 atom stereocenters. The summed E-state index contributed by atoms with van der Waals surface area (Å²) in [5, 5.41) is 13.6. The molecule has 0 spiro atoms. The molecule has 0 aromatic carbocycles. The fraction of sp³-hybridized carbons (Fsp3) is 0.625. The lowest BCUT2D eigenvalue weighted by atomic mass is 10.0. The van der Waals surface area contributed by atoms with E-state index in [-0.39, 0.29) is 19.1 Å². The third-order valence-corrected chi connectivity index (χ3v) is 11.4. The van der Waals surface area contributed by atoms with E-state index in [1.807, 2.05) is 27.2 Å². The van der Waals surface area contributed by atoms with Crippen molar-refractivity contribution in [2.24, 2.45) is 0 Å². The van der Waals surface area contributed by atoms with Crippen LogP contribution in [-0.2, 0) is 18.4 Å². The minimum Gasteiger partial charge on any atom is -0.387 e. The second-order valence-corrected chi connectivity index (χ2v) is 19.3. The molecule has 0 bridgehead atoms. The lowest BCUT2D eigenvalue weighted by Gasteiger charge is -2.25. The van der Waals surface area contributed by atoms with Crippen LogP contribution in [0.25, 0.3) is 0 Å². The maximum atomic E-state index is 12.8. The van der Waals surface area contributed by atoms with Gasteiger partial charge in [-0.15, -0.1) is 0 Å². The molecule has 0 aliphatic heterocycles. The Hall–Kier alpha value is -3.10. The summed E-state index contributed by atoms with van der Waals surface area (Å²) in [6.07, 6.45) is 69.4. The lowest BCUT2D eigenvalue weighted by Crippen LogP contribution is -2.45. The number of quaternary nitrogens is 1. The van der Waals surface area contributed by atoms with Crippen molar-refractivity contribution in [3.8, 4) is 0 Å². The highest BCUT2D eigenvalue weighted by molar-refractivity contribution is 7.47. The van der Waals surface area contributed by atoms with Gasteiger partial charge in [-0.2, -0.15) is 0 Å². The Morgan fingerprint density at radius 1 is 0.538 bits per heavy atom. The largest absolute Gasteiger partial charge is 0.472 e. The van der Waals surface area contributed by atoms with Crippen LogP contribution in [0.2, 0.25) is 0 Å². The third-order valence-electron chi connectivity index (χ3n) is 10.4. The van der Waals surface area contributed by atoms with Crippen molar-refractivity contribution in [2.75, 3.05) is 40.9 Å². The maximum Gasteiger partial charge on any atom is 0.472 e. The minimum atomic E-state index is -4.33. The average molecular weight is 924 g/mol. The summed E-state index contributed by atoms with van der Waals surface area (Å²) in [5.74, 6) is -0.196. The lowest BCUT2D eigenvalue weighted by molar-refractivity contribution is -0.870. The number of hydrogen-bond acceptors (Lipinski definition) is 5. The van der Waals surface area contributed by atoms with E-state index in [2.05, 4.69) is 129 Å². The number of phosphoric acid groups is 1. The molecule has 0 aliphatic rings. The molecule has 65 heavy (non-hydrogen) atoms. The monoisotopic (exact) mass is 924 g/mol. The summed E-state index contributed by atoms with van der Waals surface area (Å²) in [7, 11) is 1.55. The number of aliphatic hydroxyl groups is 1. The zero-order valence-corrected chi connectivity index (χ0v) is 42.8. The molecule has 0 saturated heterocycles. The van der Waals surface area contributed by atoms with Gasteiger partial charge in [0, 0.05) is 6.42 Å². The molecule has 3 unspecified atom stereocenters. The van der Waals surface area contributed by atoms with Crippen LogP contribution in [0.5, 0.6) is 0 Å². The van der Waals surface area contributed by atoms with Crippen molar-refractivity contribution in [3.05, 3.63) is 122 Å². The Morgan fingerprint density at radius 3 is 1.34 bits per heavy atom. The first-order valence-corrected chi connectivity index (χ1v) is 26.9. The SMILES string of the molecule is CC/C=C\C/C=C\C/C=C\C/C=C\C/C=C\C/C=C\C/C=C\C/C=C\C/C=C\CCCCCCCCCCCCCC(=O)NC(COP(=O)(O)OCC[N+](C)(C)C)C(O)/C=C/CCCC. The van der Waals surface area contributed by atoms with E-state index in [4.69, 9.17) is 9.05 Å². The summed E-state index contributed by atoms with van der Waals surface area (Å²) < 4.78 is 23.3. The second kappa shape index (κ2) is 46.0. The summed E-state index contributed by atoms with van der Waals surface area (Å²) in [6, 6.07) is -0.851. The molecule has 0 aliphatic carbocycles. The Bertz CT molecular complexity index is 1460. The van der Waals surface area contributed by atoms with Crippen molar-refractivity contribution >= 4 is 13.7 Å². The van der Waals surface area contributed by atoms with Gasteiger partial charge in [-0.05, 0) is 83.5 Å². The molecule has 0 saturated carbocycles. The fourth-order valence-electron chi connectivity index (χ4n) is 6.43. The van der Waals surface area contributed by atoms with E-state index in [9.17, 15) is 19.4 Å². The number of likely N-dealkylation sites (N-methyl/N-ethyl adjacent to an activating group) is 1. The Labute approximate surface area is 399 Å². The zero-order valence-electron chi connectivity index (χ0n) is 41.9. The zero-order chi connectivity index (χ0) is 47.8. The van der Waals surface area contributed by atoms with E-state index >= 15 is 0 Å². The number of carbonyl (C=O) groups is 1. The van der Waals surface area contributed by atoms with Crippen LogP contribution < -0.4 is 5.32 Å². The summed E-state index contributed by atoms with van der Waals surface area (Å²) in [6.45, 7) is 4.51. The van der Waals surface area contributed by atoms with E-state index in [1.54, 1.807) is 6.08 Å². The average Bonchev–Trinajstić information content (AvgIpc) is 3.26. The highest BCUT2D eigenvalue weighted by Gasteiger charge is 2.27. The topological polar surface area (TPSA) is 105 Å². The van der Waals surface area contributed by atoms with Gasteiger partial charge in [0.1, 0.15) is 13.2 Å². The predicted octanol–water partition coefficient (Wildman–Crippen LogP) is 15.0. The van der Waals surface area contributed by atoms with Crippen LogP contribution in [-0.4, -0.2) is 73.4 Å². The Kier molecular flexibility index (Phi) is 43.8. The van der Waals surface area contributed by atoms with Gasteiger partial charge in [-0.3, -0.25) is 13.8 Å². The summed E-state index contributed by atoms with van der Waals surface area (Å²) in [4.78, 5) is 22.9. The van der Waals surface area contributed by atoms with E-state index in [0.717, 1.165) is 96.3 Å². The fourth-order valence-corrected chi connectivity index (χ4v) is 7.17. The number of allylic oxidation sites excluding steroid dienone is 19. The van der Waals surface area contributed by atoms with Gasteiger partial charge < -0.3 is 19.8 Å². The van der Waals surface area contributed by atoms with Crippen molar-refractivity contribution in [3.63, 3.8) is 0 Å². The molecule has 0 aromatic rings. The summed E-state index contributed by atoms with van der Waals surface area (Å²) >= 11 is 0. The minimum absolute atomic E-state index is 0.0542. The van der Waals surface area contributed by atoms with E-state index in [0.29, 0.717) is 17.4 Å². The van der Waals surface area contributed by atoms with Gasteiger partial charge in [0.15, 0.2) is 0 Å². The third kappa shape index (κ3) is 48.6. The number of hydrogen-bond donors (Lipinski definition) is 3. The molecular formula is C56H96N2O6P+. The quantitative estimate of drug-likeness (QED) is 0.0243. The number of nitrogens with zero attached hydrogens (tertiary/aromatic N) is 1. The van der Waals surface area contributed by atoms with Gasteiger partial charge in [-0.1, -0.05) is 206 Å². The van der Waals surface area contributed by atoms with Crippen LogP contribution in [0, 0.1) is 0 Å². The predicted molar refractivity (Wildman–Crippen MR) is 281 cm³/mol. The number of amides is 1. The summed E-state index contributed by atoms with van der Waals surface area (Å²) in [5.41, 5.74) is 0. The van der Waals surface area contributed by atoms with Gasteiger partial charge in [0.05, 0.1) is 39.9 Å². The molecule has 0 radical (unpaired) electrons. The Morgan fingerprint density at radius 2 is 0.923 bits per heavy atom. The van der Waals surface area contributed by atoms with Gasteiger partial charge in [0.25, 0.3) is 0 Å². The number of rotatable bonds is 44. The molecule has 8 nitrogen and oxygen atoms in total. The molecule has 0 heterocycles. The van der Waals surface area contributed by atoms with Gasteiger partial charge in [0.2, 0.25) is 5.91 Å². The molecule has 1 amide bonds. The van der Waals surface area contributed by atoms with Crippen LogP contribution in [0.15, 0.2) is 122 Å². The van der Waals surface area contributed by atoms with Gasteiger partial charge in [-0.25, -0.2) is 4.57 Å². The van der Waals surface area contributed by atoms with Crippen LogP contribution in [0.4, 0.5) is 0 Å². The highest BCUT2D eigenvalue weighted by Crippen LogP contribution is 2.43. The molecule has 3 N–H and O–H groups in total. The van der Waals surface area contributed by atoms with E-state index < -0.39 is 20.0 Å². The number of phosphoric ester groups is 1. The molecule has 0 rings (SSSR count). The first-order chi connectivity index (χ1) is 31.5. The molecule has 0 fully saturated rings. The molecule has 370 valence electrons. The van der Waals surface area contributed by atoms with Crippen LogP contribution >= 0.6 is 7.82 Å². The second-order valence-electron chi connectivity index (χ2n) is 17.8. The molecule has 0 aromatic heterocycles. The number of nitrogens with one attached hydrogen (secondary N) is 1. The first-order valence-electron chi connectivity index (χ1n) is 25.4. The van der Waals surface area contributed by atoms with Crippen LogP contribution in [0.1, 0.15) is 174 Å². The van der Waals surface area contributed by atoms with Crippen LogP contribution in [0.3, 0.4) is 0 Å². The van der Waals surface area contributed by atoms with Crippen molar-refractivity contribution in [1.29, 1.82) is 0 Å². The molecular weight excluding hydrogens is 828 g/mol. The van der Waals surface area contributed by atoms with Crippen molar-refractivity contribution < 1.29 is 32.9 Å². The number of aliphatic hydroxyl groups excluding tert-OH is 1. The number of unbranched alkanes of at least 4 members (excludes halogenated alkanes) is 13. The first kappa shape index (κ1) is 61.9. The standard InChI is InChI=1S/C56H95N2O6P/c1-6-8-10-12-13-14-15-16-17-18-19-20-21-22-23-24-25-26-27-28-29-30-31-32-33-34-35-36-37-38-39-40-41-42-43-44-45-46-48-50-56(60)57-54(55(59)49-47-11-9-7-2)53-64-65(61,62)63-52-51-58(3,4)5/h8,10,13-14,16-17,19-20,22-23,25-26,28-29,31-32,34-35,47,49,54-55,59H,6-7,9,11-12,15,18,21,24,27,30,33,36-46,48,50-53H2,1-5H3,(H-,57,60,61,62)/p+1/b10-8-,14-13-,17-16-,20-19-,23-22-,26-25-,29-28-,32-31-,35-34-,49-47+. The Balaban J connectivity index is 3.88. The smallest absolute Gasteiger partial charge is 0.387 e. The van der Waals surface area contributed by atoms with Gasteiger partial charge >= 0.3 is 7.82 Å². The highest BCUT2D eigenvalue weighted by atomic mass is 31.2. The van der Waals surface area contributed by atoms with E-state index in [1.165, 1.54) is 57.8 Å². The van der Waals surface area contributed by atoms with Crippen molar-refractivity contribution in [2.45, 2.75) is 187 Å². The molecule has 9 heteroatoms. The van der Waals surface area contributed by atoms with Crippen molar-refractivity contribution in [1.82, 2.24) is 5.32 Å². The normalized spacial score (nSPS) is 15.1. The maximum absolute atomic E-state index is 12.8. The number of carbonyl (C=O) groups excluding carboxylic acids is 1.